The van der Waals surface area contributed by atoms with Crippen LogP contribution in [0.1, 0.15) is 33.6 Å². The highest BCUT2D eigenvalue weighted by Crippen LogP contribution is 2.53. The first-order chi connectivity index (χ1) is 14.4. The van der Waals surface area contributed by atoms with E-state index >= 15 is 0 Å². The van der Waals surface area contributed by atoms with Gasteiger partial charge in [0.05, 0.1) is 24.7 Å². The first kappa shape index (κ1) is 21.1. The molecule has 1 N–H and O–H groups in total. The Labute approximate surface area is 176 Å². The summed E-state index contributed by atoms with van der Waals surface area (Å²) in [6.07, 6.45) is 8.29. The number of carbonyl (C=O) groups is 3. The molecule has 0 radical (unpaired) electrons. The Bertz CT molecular complexity index is 794. The minimum absolute atomic E-state index is 0.000485. The number of amides is 2. The van der Waals surface area contributed by atoms with Crippen molar-refractivity contribution >= 4 is 17.8 Å². The van der Waals surface area contributed by atoms with Crippen LogP contribution in [0.5, 0.6) is 0 Å². The lowest BCUT2D eigenvalue weighted by atomic mass is 9.78. The van der Waals surface area contributed by atoms with Crippen molar-refractivity contribution < 1.29 is 29.0 Å². The molecule has 4 rings (SSSR count). The van der Waals surface area contributed by atoms with Crippen LogP contribution >= 0.6 is 0 Å². The first-order valence-corrected chi connectivity index (χ1v) is 10.8. The quantitative estimate of drug-likeness (QED) is 0.520. The third kappa shape index (κ3) is 2.92. The Kier molecular flexibility index (Phi) is 5.48. The Morgan fingerprint density at radius 1 is 1.20 bits per heavy atom. The van der Waals surface area contributed by atoms with Crippen LogP contribution in [0.2, 0.25) is 0 Å². The van der Waals surface area contributed by atoms with E-state index in [-0.39, 0.29) is 31.1 Å². The maximum absolute atomic E-state index is 13.8. The molecule has 0 aromatic heterocycles. The second kappa shape index (κ2) is 7.81. The lowest BCUT2D eigenvalue weighted by Gasteiger charge is -2.39. The highest BCUT2D eigenvalue weighted by Gasteiger charge is 2.72. The molecule has 4 heterocycles. The summed E-state index contributed by atoms with van der Waals surface area (Å²) in [6.45, 7) is 6.04. The SMILES string of the molecule is CCCC(C)N1CC=C[C@]23O[C@H]4C=CCOC(=O)[C@H]4[C@H]2C(=O)N([C@H](C)CO)C3C1=O. The van der Waals surface area contributed by atoms with Crippen LogP contribution < -0.4 is 0 Å². The van der Waals surface area contributed by atoms with Gasteiger partial charge in [0, 0.05) is 12.6 Å². The average Bonchev–Trinajstić information content (AvgIpc) is 3.02. The van der Waals surface area contributed by atoms with E-state index in [4.69, 9.17) is 9.47 Å². The van der Waals surface area contributed by atoms with E-state index in [1.54, 1.807) is 30.1 Å². The zero-order valence-electron chi connectivity index (χ0n) is 17.7. The summed E-state index contributed by atoms with van der Waals surface area (Å²) < 4.78 is 11.7. The summed E-state index contributed by atoms with van der Waals surface area (Å²) in [4.78, 5) is 43.4. The third-order valence-electron chi connectivity index (χ3n) is 6.86. The number of esters is 1. The van der Waals surface area contributed by atoms with Crippen molar-refractivity contribution in [1.29, 1.82) is 0 Å². The van der Waals surface area contributed by atoms with Crippen molar-refractivity contribution in [1.82, 2.24) is 9.80 Å². The molecule has 0 bridgehead atoms. The average molecular weight is 418 g/mol. The van der Waals surface area contributed by atoms with Gasteiger partial charge in [-0.2, -0.15) is 0 Å². The fourth-order valence-electron chi connectivity index (χ4n) is 5.46. The van der Waals surface area contributed by atoms with Gasteiger partial charge in [0.1, 0.15) is 24.2 Å². The molecule has 164 valence electrons. The number of hydrogen-bond acceptors (Lipinski definition) is 6. The molecule has 0 saturated carbocycles. The summed E-state index contributed by atoms with van der Waals surface area (Å²) in [5.74, 6) is -2.71. The number of likely N-dealkylation sites (tertiary alicyclic amines) is 1. The van der Waals surface area contributed by atoms with Gasteiger partial charge >= 0.3 is 5.97 Å². The molecule has 1 spiro atoms. The third-order valence-corrected chi connectivity index (χ3v) is 6.86. The number of rotatable bonds is 5. The second-order valence-corrected chi connectivity index (χ2v) is 8.71. The Balaban J connectivity index is 1.83. The molecule has 7 atom stereocenters. The number of fused-ring (bicyclic) bond motifs is 2. The van der Waals surface area contributed by atoms with Crippen molar-refractivity contribution in [3.8, 4) is 0 Å². The van der Waals surface area contributed by atoms with Gasteiger partial charge in [-0.05, 0) is 26.3 Å². The predicted octanol–water partition coefficient (Wildman–Crippen LogP) is 0.648. The lowest BCUT2D eigenvalue weighted by Crippen LogP contribution is -2.58. The van der Waals surface area contributed by atoms with Crippen molar-refractivity contribution in [2.45, 2.75) is 63.4 Å². The molecule has 2 fully saturated rings. The highest BCUT2D eigenvalue weighted by atomic mass is 16.6. The van der Waals surface area contributed by atoms with Gasteiger partial charge in [-0.1, -0.05) is 31.6 Å². The van der Waals surface area contributed by atoms with E-state index in [0.717, 1.165) is 12.8 Å². The van der Waals surface area contributed by atoms with Crippen LogP contribution in [0.25, 0.3) is 0 Å². The van der Waals surface area contributed by atoms with Crippen LogP contribution in [0.15, 0.2) is 24.3 Å². The van der Waals surface area contributed by atoms with Gasteiger partial charge < -0.3 is 24.4 Å². The van der Waals surface area contributed by atoms with E-state index in [0.29, 0.717) is 6.54 Å². The first-order valence-electron chi connectivity index (χ1n) is 10.8. The summed E-state index contributed by atoms with van der Waals surface area (Å²) in [6, 6.07) is -1.51. The molecule has 2 amide bonds. The number of ether oxygens (including phenoxy) is 2. The van der Waals surface area contributed by atoms with E-state index in [1.807, 2.05) is 13.0 Å². The monoisotopic (exact) mass is 418 g/mol. The Hall–Kier alpha value is -2.19. The van der Waals surface area contributed by atoms with Crippen molar-refractivity contribution in [3.05, 3.63) is 24.3 Å². The van der Waals surface area contributed by atoms with E-state index in [1.165, 1.54) is 4.90 Å². The molecule has 4 aliphatic heterocycles. The Morgan fingerprint density at radius 2 is 1.97 bits per heavy atom. The number of cyclic esters (lactones) is 1. The summed E-state index contributed by atoms with van der Waals surface area (Å²) in [5, 5.41) is 9.83. The minimum atomic E-state index is -1.26. The van der Waals surface area contributed by atoms with Crippen LogP contribution in [0, 0.1) is 11.8 Å². The fourth-order valence-corrected chi connectivity index (χ4v) is 5.46. The zero-order valence-corrected chi connectivity index (χ0v) is 17.7. The van der Waals surface area contributed by atoms with Gasteiger partial charge in [0.15, 0.2) is 0 Å². The van der Waals surface area contributed by atoms with E-state index in [9.17, 15) is 19.5 Å². The summed E-state index contributed by atoms with van der Waals surface area (Å²) >= 11 is 0. The number of aliphatic hydroxyl groups is 1. The summed E-state index contributed by atoms with van der Waals surface area (Å²) in [7, 11) is 0. The van der Waals surface area contributed by atoms with Gasteiger partial charge in [-0.3, -0.25) is 14.4 Å². The minimum Gasteiger partial charge on any atom is -0.461 e. The number of hydrogen-bond donors (Lipinski definition) is 1. The second-order valence-electron chi connectivity index (χ2n) is 8.71. The molecule has 0 aromatic carbocycles. The van der Waals surface area contributed by atoms with Crippen LogP contribution in [0.4, 0.5) is 0 Å². The van der Waals surface area contributed by atoms with Crippen molar-refractivity contribution in [2.24, 2.45) is 11.8 Å². The van der Waals surface area contributed by atoms with Gasteiger partial charge in [-0.15, -0.1) is 0 Å². The molecular weight excluding hydrogens is 388 g/mol. The van der Waals surface area contributed by atoms with E-state index in [2.05, 4.69) is 6.92 Å². The van der Waals surface area contributed by atoms with Crippen LogP contribution in [0.3, 0.4) is 0 Å². The standard InChI is InChI=1S/C22H30N2O6/c1-4-7-13(2)23-10-6-9-22-17(16-15(30-22)8-5-11-29-21(16)28)19(26)24(14(3)12-25)18(22)20(23)27/h5-6,8-9,13-18,25H,4,7,10-12H2,1-3H3/t13?,14-,15+,16-,17+,18?,22+/m1/s1. The molecule has 30 heavy (non-hydrogen) atoms. The maximum Gasteiger partial charge on any atom is 0.313 e. The van der Waals surface area contributed by atoms with Crippen LogP contribution in [-0.4, -0.2) is 82.3 Å². The molecule has 8 nitrogen and oxygen atoms in total. The molecule has 2 unspecified atom stereocenters. The highest BCUT2D eigenvalue weighted by molar-refractivity contribution is 5.99. The van der Waals surface area contributed by atoms with Crippen molar-refractivity contribution in [2.75, 3.05) is 19.8 Å². The molecule has 2 saturated heterocycles. The summed E-state index contributed by atoms with van der Waals surface area (Å²) in [5.41, 5.74) is -1.26. The molecular formula is C22H30N2O6. The molecule has 0 aliphatic carbocycles. The van der Waals surface area contributed by atoms with Gasteiger partial charge in [0.25, 0.3) is 0 Å². The van der Waals surface area contributed by atoms with E-state index < -0.39 is 41.6 Å². The predicted molar refractivity (Wildman–Crippen MR) is 107 cm³/mol. The number of carbonyl (C=O) groups excluding carboxylic acids is 3. The maximum atomic E-state index is 13.8. The van der Waals surface area contributed by atoms with Crippen LogP contribution in [-0.2, 0) is 23.9 Å². The number of aliphatic hydroxyl groups excluding tert-OH is 1. The van der Waals surface area contributed by atoms with Gasteiger partial charge in [-0.25, -0.2) is 0 Å². The smallest absolute Gasteiger partial charge is 0.313 e. The largest absolute Gasteiger partial charge is 0.461 e. The number of nitrogens with zero attached hydrogens (tertiary/aromatic N) is 2. The molecule has 4 aliphatic rings. The lowest BCUT2D eigenvalue weighted by molar-refractivity contribution is -0.155. The fraction of sp³-hybridized carbons (Fsp3) is 0.682. The van der Waals surface area contributed by atoms with Gasteiger partial charge in [0.2, 0.25) is 11.8 Å². The normalized spacial score (nSPS) is 37.3. The Morgan fingerprint density at radius 3 is 2.67 bits per heavy atom. The topological polar surface area (TPSA) is 96.4 Å². The zero-order chi connectivity index (χ0) is 21.6. The molecule has 0 aromatic rings. The molecule has 8 heteroatoms. The van der Waals surface area contributed by atoms with Crippen molar-refractivity contribution in [3.63, 3.8) is 0 Å².